The number of sulfonamides is 1. The lowest BCUT2D eigenvalue weighted by atomic mass is 10.1. The maximum atomic E-state index is 14.4. The Labute approximate surface area is 198 Å². The number of fused-ring (bicyclic) bond motifs is 1. The van der Waals surface area contributed by atoms with E-state index < -0.39 is 40.2 Å². The lowest BCUT2D eigenvalue weighted by molar-refractivity contribution is -0.139. The molecule has 1 heterocycles. The van der Waals surface area contributed by atoms with Crippen LogP contribution in [0.15, 0.2) is 42.5 Å². The van der Waals surface area contributed by atoms with E-state index in [0.717, 1.165) is 10.6 Å². The lowest BCUT2D eigenvalue weighted by Crippen LogP contribution is -2.51. The van der Waals surface area contributed by atoms with Gasteiger partial charge in [-0.2, -0.15) is 0 Å². The van der Waals surface area contributed by atoms with E-state index in [0.29, 0.717) is 24.5 Å². The van der Waals surface area contributed by atoms with Crippen LogP contribution in [0.25, 0.3) is 0 Å². The zero-order valence-electron chi connectivity index (χ0n) is 19.3. The maximum absolute atomic E-state index is 14.4. The highest BCUT2D eigenvalue weighted by Gasteiger charge is 2.31. The van der Waals surface area contributed by atoms with E-state index in [1.54, 1.807) is 12.1 Å². The average molecular weight is 494 g/mol. The SMILES string of the molecule is CCCNC(=O)[C@@H](C)N(Cc1ccccc1F)C(=O)CN(c1ccc2c(c1)OCO2)S(C)(=O)=O. The van der Waals surface area contributed by atoms with E-state index in [1.165, 1.54) is 42.2 Å². The van der Waals surface area contributed by atoms with Gasteiger partial charge in [0.05, 0.1) is 11.9 Å². The quantitative estimate of drug-likeness (QED) is 0.544. The summed E-state index contributed by atoms with van der Waals surface area (Å²) in [6.45, 7) is 3.05. The van der Waals surface area contributed by atoms with Crippen LogP contribution in [0.3, 0.4) is 0 Å². The molecule has 0 saturated carbocycles. The highest BCUT2D eigenvalue weighted by atomic mass is 32.2. The smallest absolute Gasteiger partial charge is 0.244 e. The van der Waals surface area contributed by atoms with Gasteiger partial charge >= 0.3 is 0 Å². The molecule has 184 valence electrons. The molecule has 0 spiro atoms. The number of hydrogen-bond acceptors (Lipinski definition) is 6. The number of benzene rings is 2. The van der Waals surface area contributed by atoms with Crippen LogP contribution in [0.5, 0.6) is 11.5 Å². The molecule has 0 fully saturated rings. The number of nitrogens with zero attached hydrogens (tertiary/aromatic N) is 2. The van der Waals surface area contributed by atoms with Crippen molar-refractivity contribution < 1.29 is 31.9 Å². The van der Waals surface area contributed by atoms with Crippen molar-refractivity contribution in [1.29, 1.82) is 0 Å². The van der Waals surface area contributed by atoms with Gasteiger partial charge in [0.25, 0.3) is 0 Å². The predicted molar refractivity (Wildman–Crippen MR) is 124 cm³/mol. The fourth-order valence-corrected chi connectivity index (χ4v) is 4.28. The van der Waals surface area contributed by atoms with E-state index in [1.807, 2.05) is 6.92 Å². The minimum atomic E-state index is -3.89. The van der Waals surface area contributed by atoms with Crippen molar-refractivity contribution in [2.24, 2.45) is 0 Å². The van der Waals surface area contributed by atoms with Gasteiger partial charge in [0.15, 0.2) is 11.5 Å². The van der Waals surface area contributed by atoms with Gasteiger partial charge in [-0.05, 0) is 31.5 Å². The third kappa shape index (κ3) is 5.96. The van der Waals surface area contributed by atoms with Gasteiger partial charge < -0.3 is 19.7 Å². The van der Waals surface area contributed by atoms with E-state index in [4.69, 9.17) is 9.47 Å². The first-order chi connectivity index (χ1) is 16.1. The van der Waals surface area contributed by atoms with Crippen LogP contribution in [0, 0.1) is 5.82 Å². The summed E-state index contributed by atoms with van der Waals surface area (Å²) in [5.41, 5.74) is 0.411. The van der Waals surface area contributed by atoms with E-state index in [2.05, 4.69) is 5.32 Å². The Morgan fingerprint density at radius 2 is 1.85 bits per heavy atom. The first kappa shape index (κ1) is 25.3. The summed E-state index contributed by atoms with van der Waals surface area (Å²) in [6, 6.07) is 9.48. The van der Waals surface area contributed by atoms with Crippen LogP contribution < -0.4 is 19.1 Å². The van der Waals surface area contributed by atoms with E-state index in [-0.39, 0.29) is 24.6 Å². The van der Waals surface area contributed by atoms with Crippen LogP contribution in [0.2, 0.25) is 0 Å². The van der Waals surface area contributed by atoms with Crippen LogP contribution in [0.1, 0.15) is 25.8 Å². The number of hydrogen-bond donors (Lipinski definition) is 1. The molecule has 2 aromatic carbocycles. The standard InChI is InChI=1S/C23H28FN3O6S/c1-4-11-25-23(29)16(2)26(13-17-7-5-6-8-19(17)24)22(28)14-27(34(3,30)31)18-9-10-20-21(12-18)33-15-32-20/h5-10,12,16H,4,11,13-15H2,1-3H3,(H,25,29)/t16-/m1/s1. The topological polar surface area (TPSA) is 105 Å². The molecule has 1 atom stereocenters. The zero-order valence-corrected chi connectivity index (χ0v) is 20.1. The van der Waals surface area contributed by atoms with Crippen LogP contribution in [-0.4, -0.2) is 57.3 Å². The van der Waals surface area contributed by atoms with Crippen LogP contribution in [0.4, 0.5) is 10.1 Å². The molecule has 0 aliphatic carbocycles. The van der Waals surface area contributed by atoms with Gasteiger partial charge in [-0.1, -0.05) is 25.1 Å². The third-order valence-electron chi connectivity index (χ3n) is 5.34. The number of carbonyl (C=O) groups is 2. The molecular weight excluding hydrogens is 465 g/mol. The highest BCUT2D eigenvalue weighted by molar-refractivity contribution is 7.92. The lowest BCUT2D eigenvalue weighted by Gasteiger charge is -2.31. The Morgan fingerprint density at radius 3 is 2.53 bits per heavy atom. The molecule has 1 aliphatic heterocycles. The van der Waals surface area contributed by atoms with Crippen LogP contribution in [-0.2, 0) is 26.2 Å². The molecule has 3 rings (SSSR count). The van der Waals surface area contributed by atoms with E-state index in [9.17, 15) is 22.4 Å². The Hall–Kier alpha value is -3.34. The zero-order chi connectivity index (χ0) is 24.9. The average Bonchev–Trinajstić information content (AvgIpc) is 3.27. The van der Waals surface area contributed by atoms with Gasteiger partial charge in [-0.15, -0.1) is 0 Å². The summed E-state index contributed by atoms with van der Waals surface area (Å²) in [5.74, 6) is -0.789. The molecule has 2 aromatic rings. The summed E-state index contributed by atoms with van der Waals surface area (Å²) in [6.07, 6.45) is 1.68. The van der Waals surface area contributed by atoms with Crippen LogP contribution >= 0.6 is 0 Å². The van der Waals surface area contributed by atoms with Crippen molar-refractivity contribution >= 4 is 27.5 Å². The molecule has 9 nitrogen and oxygen atoms in total. The number of carbonyl (C=O) groups excluding carboxylic acids is 2. The van der Waals surface area contributed by atoms with Gasteiger partial charge in [0.2, 0.25) is 28.6 Å². The predicted octanol–water partition coefficient (Wildman–Crippen LogP) is 2.26. The molecule has 2 amide bonds. The Balaban J connectivity index is 1.91. The number of amides is 2. The molecule has 34 heavy (non-hydrogen) atoms. The van der Waals surface area contributed by atoms with Gasteiger partial charge in [0.1, 0.15) is 18.4 Å². The van der Waals surface area contributed by atoms with Crippen molar-refractivity contribution in [2.75, 3.05) is 30.4 Å². The summed E-state index contributed by atoms with van der Waals surface area (Å²) >= 11 is 0. The molecule has 0 radical (unpaired) electrons. The fourth-order valence-electron chi connectivity index (χ4n) is 3.44. The van der Waals surface area contributed by atoms with Gasteiger partial charge in [-0.25, -0.2) is 12.8 Å². The molecule has 1 N–H and O–H groups in total. The van der Waals surface area contributed by atoms with Crippen molar-refractivity contribution in [1.82, 2.24) is 10.2 Å². The minimum absolute atomic E-state index is 0.0113. The van der Waals surface area contributed by atoms with Gasteiger partial charge in [0, 0.05) is 24.7 Å². The van der Waals surface area contributed by atoms with Gasteiger partial charge in [-0.3, -0.25) is 13.9 Å². The summed E-state index contributed by atoms with van der Waals surface area (Å²) in [7, 11) is -3.89. The molecule has 1 aliphatic rings. The number of nitrogens with one attached hydrogen (secondary N) is 1. The Morgan fingerprint density at radius 1 is 1.15 bits per heavy atom. The number of anilines is 1. The highest BCUT2D eigenvalue weighted by Crippen LogP contribution is 2.36. The Kier molecular flexibility index (Phi) is 7.98. The minimum Gasteiger partial charge on any atom is -0.454 e. The third-order valence-corrected chi connectivity index (χ3v) is 6.48. The van der Waals surface area contributed by atoms with Crippen molar-refractivity contribution in [3.8, 4) is 11.5 Å². The molecule has 0 aromatic heterocycles. The Bertz CT molecular complexity index is 1160. The molecular formula is C23H28FN3O6S. The summed E-state index contributed by atoms with van der Waals surface area (Å²) in [4.78, 5) is 27.2. The summed E-state index contributed by atoms with van der Waals surface area (Å²) < 4.78 is 51.0. The molecule has 0 bridgehead atoms. The van der Waals surface area contributed by atoms with Crippen molar-refractivity contribution in [3.63, 3.8) is 0 Å². The second-order valence-electron chi connectivity index (χ2n) is 7.89. The second kappa shape index (κ2) is 10.7. The number of rotatable bonds is 10. The first-order valence-electron chi connectivity index (χ1n) is 10.8. The first-order valence-corrected chi connectivity index (χ1v) is 12.6. The van der Waals surface area contributed by atoms with E-state index >= 15 is 0 Å². The van der Waals surface area contributed by atoms with Crippen molar-refractivity contribution in [3.05, 3.63) is 53.8 Å². The summed E-state index contributed by atoms with van der Waals surface area (Å²) in [5, 5.41) is 2.72. The fraction of sp³-hybridized carbons (Fsp3) is 0.391. The number of ether oxygens (including phenoxy) is 2. The number of halogens is 1. The van der Waals surface area contributed by atoms with Crippen molar-refractivity contribution in [2.45, 2.75) is 32.9 Å². The molecule has 0 unspecified atom stereocenters. The largest absolute Gasteiger partial charge is 0.454 e. The molecule has 0 saturated heterocycles. The maximum Gasteiger partial charge on any atom is 0.244 e. The molecule has 11 heteroatoms. The second-order valence-corrected chi connectivity index (χ2v) is 9.79. The normalized spacial score (nSPS) is 13.3. The monoisotopic (exact) mass is 493 g/mol.